The van der Waals surface area contributed by atoms with Gasteiger partial charge in [0.15, 0.2) is 16.1 Å². The lowest BCUT2D eigenvalue weighted by atomic mass is 9.95. The second kappa shape index (κ2) is 12.6. The summed E-state index contributed by atoms with van der Waals surface area (Å²) in [5.74, 6) is 0. The fourth-order valence-electron chi connectivity index (χ4n) is 7.77. The van der Waals surface area contributed by atoms with E-state index < -0.39 is 70.5 Å². The average molecular weight is 680 g/mol. The number of hydrogen-bond donors (Lipinski definition) is 0. The molecule has 0 aliphatic carbocycles. The predicted octanol–water partition coefficient (Wildman–Crippen LogP) is 6.09. The molecule has 50 heavy (non-hydrogen) atoms. The van der Waals surface area contributed by atoms with Crippen molar-refractivity contribution in [3.05, 3.63) is 218 Å². The maximum Gasteiger partial charge on any atom is 0.180 e. The van der Waals surface area contributed by atoms with Gasteiger partial charge in [0.2, 0.25) is 0 Å². The summed E-state index contributed by atoms with van der Waals surface area (Å²) in [5.41, 5.74) is -0.334. The van der Waals surface area contributed by atoms with E-state index in [1.165, 1.54) is 0 Å². The van der Waals surface area contributed by atoms with E-state index >= 15 is 0 Å². The Morgan fingerprint density at radius 1 is 0.340 bits per heavy atom. The van der Waals surface area contributed by atoms with Gasteiger partial charge in [-0.05, 0) is 63.7 Å². The minimum atomic E-state index is -4.34. The summed E-state index contributed by atoms with van der Waals surface area (Å²) < 4.78 is 107. The van der Waals surface area contributed by atoms with E-state index in [0.717, 1.165) is 15.6 Å². The summed E-state index contributed by atoms with van der Waals surface area (Å²) in [7, 11) is -8.14. The van der Waals surface area contributed by atoms with Gasteiger partial charge in [-0.2, -0.15) is 0 Å². The highest BCUT2D eigenvalue weighted by Gasteiger charge is 2.47. The molecule has 0 N–H and O–H groups in total. The Morgan fingerprint density at radius 2 is 0.720 bits per heavy atom. The first-order valence-corrected chi connectivity index (χ1v) is 20.6. The molecule has 2 heteroatoms. The van der Waals surface area contributed by atoms with Crippen LogP contribution < -0.4 is 41.5 Å². The van der Waals surface area contributed by atoms with Crippen LogP contribution in [0.2, 0.25) is 0 Å². The number of rotatable bonds is 6. The summed E-state index contributed by atoms with van der Waals surface area (Å²) in [6, 6.07) is 42.1. The third-order valence-electron chi connectivity index (χ3n) is 9.85. The summed E-state index contributed by atoms with van der Waals surface area (Å²) >= 11 is 0. The largest absolute Gasteiger partial charge is 0.180 e. The van der Waals surface area contributed by atoms with Crippen LogP contribution in [0, 0.1) is 0 Å². The molecule has 0 amide bonds. The third-order valence-corrected chi connectivity index (χ3v) is 19.1. The lowest BCUT2D eigenvalue weighted by Gasteiger charge is -2.35. The van der Waals surface area contributed by atoms with Gasteiger partial charge in [-0.1, -0.05) is 218 Å². The minimum absolute atomic E-state index is 0.0507. The Morgan fingerprint density at radius 3 is 1.16 bits per heavy atom. The molecule has 8 aromatic rings. The first-order chi connectivity index (χ1) is 29.4. The van der Waals surface area contributed by atoms with Crippen molar-refractivity contribution < 1.29 is 15.1 Å². The SMILES string of the molecule is [2H]c1c([2H])c([2H])c2c(c1[2H])-c1c([2H])c([2H])c([Si](c3ccccc3)(c3ccccc3)c3ccccc3)c([2H])c1-c1c([2H])c([2H])c([2H])c([2H])c1[Si]2(c1ccccc1)c1ccccc1. The summed E-state index contributed by atoms with van der Waals surface area (Å²) in [6.07, 6.45) is 0. The zero-order chi connectivity index (χ0) is 43.0. The number of hydrogen-bond acceptors (Lipinski definition) is 0. The summed E-state index contributed by atoms with van der Waals surface area (Å²) in [4.78, 5) is 0. The van der Waals surface area contributed by atoms with Gasteiger partial charge < -0.3 is 0 Å². The van der Waals surface area contributed by atoms with Gasteiger partial charge in [0.05, 0.1) is 15.1 Å². The molecule has 0 radical (unpaired) electrons. The maximum absolute atomic E-state index is 10.7. The van der Waals surface area contributed by atoms with Gasteiger partial charge in [0.1, 0.15) is 0 Å². The highest BCUT2D eigenvalue weighted by Crippen LogP contribution is 2.35. The smallest absolute Gasteiger partial charge is 0.0623 e. The van der Waals surface area contributed by atoms with Crippen molar-refractivity contribution in [2.45, 2.75) is 0 Å². The molecule has 0 spiro atoms. The molecule has 0 atom stereocenters. The Balaban J connectivity index is 1.64. The van der Waals surface area contributed by atoms with Crippen molar-refractivity contribution in [3.63, 3.8) is 0 Å². The maximum atomic E-state index is 10.7. The third kappa shape index (κ3) is 4.57. The van der Waals surface area contributed by atoms with Crippen LogP contribution in [0.15, 0.2) is 218 Å². The summed E-state index contributed by atoms with van der Waals surface area (Å²) in [5, 5.41) is 4.04. The van der Waals surface area contributed by atoms with E-state index in [1.54, 1.807) is 24.3 Å². The van der Waals surface area contributed by atoms with E-state index in [4.69, 9.17) is 2.74 Å². The fourth-order valence-corrected chi connectivity index (χ4v) is 17.0. The molecular formula is C48H36Si2. The number of fused-ring (bicyclic) bond motifs is 5. The first kappa shape index (κ1) is 20.6. The standard InChI is InChI=1S/C48H36Si2/c1-6-20-37(21-7-1)49(38-22-8-2-9-23-38,39-24-10-3-11-25-39)42-34-35-43-44-30-16-18-32-47(44)50(40-26-12-4-13-27-40,41-28-14-5-15-29-41)48-33-19-17-31-45(48)46(43)36-42/h1-36H/i16D,17D,18D,19D,30D,31D,32D,33D,34D,35D,36D. The molecular weight excluding hydrogens is 633 g/mol. The van der Waals surface area contributed by atoms with Crippen LogP contribution in [0.4, 0.5) is 0 Å². The Bertz CT molecular complexity index is 2890. The van der Waals surface area contributed by atoms with Gasteiger partial charge >= 0.3 is 0 Å². The van der Waals surface area contributed by atoms with E-state index in [2.05, 4.69) is 0 Å². The Hall–Kier alpha value is -5.81. The number of benzene rings is 8. The van der Waals surface area contributed by atoms with Gasteiger partial charge in [-0.15, -0.1) is 0 Å². The van der Waals surface area contributed by atoms with Gasteiger partial charge in [0, 0.05) is 0 Å². The molecule has 1 aliphatic rings. The minimum Gasteiger partial charge on any atom is -0.0623 e. The van der Waals surface area contributed by atoms with E-state index in [9.17, 15) is 12.3 Å². The molecule has 8 aromatic carbocycles. The Kier molecular flexibility index (Phi) is 5.19. The van der Waals surface area contributed by atoms with Gasteiger partial charge in [-0.25, -0.2) is 0 Å². The van der Waals surface area contributed by atoms with Crippen LogP contribution in [0.5, 0.6) is 0 Å². The van der Waals surface area contributed by atoms with Crippen LogP contribution in [0.1, 0.15) is 15.1 Å². The quantitative estimate of drug-likeness (QED) is 0.148. The van der Waals surface area contributed by atoms with E-state index in [-0.39, 0.29) is 49.9 Å². The molecule has 0 bridgehead atoms. The molecule has 0 aromatic heterocycles. The molecule has 1 heterocycles. The topological polar surface area (TPSA) is 0 Å². The van der Waals surface area contributed by atoms with Crippen molar-refractivity contribution in [2.24, 2.45) is 0 Å². The predicted molar refractivity (Wildman–Crippen MR) is 218 cm³/mol. The fraction of sp³-hybridized carbons (Fsp3) is 0. The van der Waals surface area contributed by atoms with Crippen molar-refractivity contribution in [1.29, 1.82) is 0 Å². The van der Waals surface area contributed by atoms with Crippen LogP contribution in [-0.4, -0.2) is 16.1 Å². The van der Waals surface area contributed by atoms with E-state index in [0.29, 0.717) is 10.4 Å². The monoisotopic (exact) mass is 679 g/mol. The van der Waals surface area contributed by atoms with Gasteiger partial charge in [-0.3, -0.25) is 0 Å². The van der Waals surface area contributed by atoms with Crippen LogP contribution in [0.25, 0.3) is 22.3 Å². The zero-order valence-corrected chi connectivity index (χ0v) is 28.9. The molecule has 0 unspecified atom stereocenters. The molecule has 0 saturated carbocycles. The summed E-state index contributed by atoms with van der Waals surface area (Å²) in [6.45, 7) is 0. The molecule has 1 aliphatic heterocycles. The van der Waals surface area contributed by atoms with Crippen LogP contribution in [0.3, 0.4) is 0 Å². The average Bonchev–Trinajstić information content (AvgIpc) is 3.43. The highest BCUT2D eigenvalue weighted by atomic mass is 28.3. The molecule has 0 fully saturated rings. The highest BCUT2D eigenvalue weighted by molar-refractivity contribution is 7.21. The second-order valence-corrected chi connectivity index (χ2v) is 19.7. The van der Waals surface area contributed by atoms with E-state index in [1.807, 2.05) is 127 Å². The van der Waals surface area contributed by atoms with Crippen molar-refractivity contribution in [2.75, 3.05) is 0 Å². The Labute approximate surface area is 312 Å². The van der Waals surface area contributed by atoms with Gasteiger partial charge in [0.25, 0.3) is 0 Å². The second-order valence-electron chi connectivity index (χ2n) is 12.3. The van der Waals surface area contributed by atoms with Crippen molar-refractivity contribution >= 4 is 57.6 Å². The van der Waals surface area contributed by atoms with Crippen molar-refractivity contribution in [1.82, 2.24) is 0 Å². The lowest BCUT2D eigenvalue weighted by Crippen LogP contribution is -2.75. The lowest BCUT2D eigenvalue weighted by molar-refractivity contribution is 1.62. The van der Waals surface area contributed by atoms with Crippen LogP contribution >= 0.6 is 0 Å². The van der Waals surface area contributed by atoms with Crippen LogP contribution in [-0.2, 0) is 0 Å². The first-order valence-electron chi connectivity index (χ1n) is 22.1. The molecule has 236 valence electrons. The van der Waals surface area contributed by atoms with Crippen molar-refractivity contribution in [3.8, 4) is 22.3 Å². The molecule has 0 nitrogen and oxygen atoms in total. The normalized spacial score (nSPS) is 16.0. The molecule has 9 rings (SSSR count). The molecule has 0 saturated heterocycles. The zero-order valence-electron chi connectivity index (χ0n) is 37.9.